The van der Waals surface area contributed by atoms with Gasteiger partial charge in [-0.3, -0.25) is 4.68 Å². The zero-order chi connectivity index (χ0) is 15.3. The Labute approximate surface area is 118 Å². The number of carboxylic acid groups (broad SMARTS) is 1. The number of aliphatic carboxylic acids is 1. The van der Waals surface area contributed by atoms with Crippen LogP contribution in [0, 0.1) is 5.92 Å². The minimum atomic E-state index is -1.03. The van der Waals surface area contributed by atoms with E-state index in [1.165, 1.54) is 0 Å². The first-order valence-corrected chi connectivity index (χ1v) is 6.71. The van der Waals surface area contributed by atoms with Crippen molar-refractivity contribution in [2.75, 3.05) is 5.32 Å². The molecule has 0 aliphatic heterocycles. The van der Waals surface area contributed by atoms with E-state index in [4.69, 9.17) is 5.11 Å². The summed E-state index contributed by atoms with van der Waals surface area (Å²) in [6.07, 6.45) is 3.05. The van der Waals surface area contributed by atoms with Gasteiger partial charge in [-0.05, 0) is 12.3 Å². The van der Waals surface area contributed by atoms with Crippen molar-refractivity contribution < 1.29 is 14.7 Å². The molecule has 0 radical (unpaired) electrons. The summed E-state index contributed by atoms with van der Waals surface area (Å²) in [6.45, 7) is 5.61. The second-order valence-electron chi connectivity index (χ2n) is 4.82. The van der Waals surface area contributed by atoms with E-state index < -0.39 is 18.0 Å². The van der Waals surface area contributed by atoms with Crippen LogP contribution in [-0.2, 0) is 18.3 Å². The average molecular weight is 282 g/mol. The monoisotopic (exact) mass is 282 g/mol. The highest BCUT2D eigenvalue weighted by molar-refractivity contribution is 5.92. The normalized spacial score (nSPS) is 13.6. The first kappa shape index (κ1) is 16.0. The van der Waals surface area contributed by atoms with Crippen LogP contribution in [0.25, 0.3) is 0 Å². The van der Waals surface area contributed by atoms with E-state index in [1.54, 1.807) is 24.9 Å². The van der Waals surface area contributed by atoms with E-state index in [1.807, 2.05) is 13.8 Å². The minimum Gasteiger partial charge on any atom is -0.480 e. The van der Waals surface area contributed by atoms with Crippen LogP contribution in [0.1, 0.15) is 32.9 Å². The van der Waals surface area contributed by atoms with Crippen molar-refractivity contribution in [3.05, 3.63) is 11.9 Å². The fraction of sp³-hybridized carbons (Fsp3) is 0.615. The Morgan fingerprint density at radius 3 is 2.60 bits per heavy atom. The number of carboxylic acids is 1. The summed E-state index contributed by atoms with van der Waals surface area (Å²) in [5.41, 5.74) is 1.36. The number of aryl methyl sites for hydroxylation is 2. The predicted molar refractivity (Wildman–Crippen MR) is 75.6 cm³/mol. The Morgan fingerprint density at radius 1 is 1.45 bits per heavy atom. The van der Waals surface area contributed by atoms with Gasteiger partial charge in [0.05, 0.1) is 11.4 Å². The van der Waals surface area contributed by atoms with Gasteiger partial charge in [0.15, 0.2) is 0 Å². The highest BCUT2D eigenvalue weighted by Crippen LogP contribution is 2.14. The van der Waals surface area contributed by atoms with Crippen molar-refractivity contribution in [1.29, 1.82) is 0 Å². The van der Waals surface area contributed by atoms with Crippen LogP contribution in [0.4, 0.5) is 10.5 Å². The van der Waals surface area contributed by atoms with Crippen LogP contribution in [0.15, 0.2) is 6.20 Å². The summed E-state index contributed by atoms with van der Waals surface area (Å²) >= 11 is 0. The van der Waals surface area contributed by atoms with Gasteiger partial charge in [-0.25, -0.2) is 9.59 Å². The van der Waals surface area contributed by atoms with Crippen LogP contribution < -0.4 is 10.6 Å². The van der Waals surface area contributed by atoms with Gasteiger partial charge in [-0.15, -0.1) is 0 Å². The lowest BCUT2D eigenvalue weighted by molar-refractivity contribution is -0.140. The Balaban J connectivity index is 2.73. The third-order valence-electron chi connectivity index (χ3n) is 3.25. The Bertz CT molecular complexity index is 484. The molecule has 2 amide bonds. The van der Waals surface area contributed by atoms with E-state index >= 15 is 0 Å². The third-order valence-corrected chi connectivity index (χ3v) is 3.25. The lowest BCUT2D eigenvalue weighted by Crippen LogP contribution is -2.46. The largest absolute Gasteiger partial charge is 0.480 e. The SMILES string of the molecule is CCc1nn(C)cc1NC(=O)N[C@H](C(=O)O)C(C)CC. The van der Waals surface area contributed by atoms with Crippen LogP contribution >= 0.6 is 0 Å². The molecule has 0 bridgehead atoms. The van der Waals surface area contributed by atoms with Crippen molar-refractivity contribution in [3.8, 4) is 0 Å². The number of amides is 2. The highest BCUT2D eigenvalue weighted by atomic mass is 16.4. The fourth-order valence-corrected chi connectivity index (χ4v) is 1.88. The molecule has 7 heteroatoms. The lowest BCUT2D eigenvalue weighted by atomic mass is 9.99. The van der Waals surface area contributed by atoms with Gasteiger partial charge in [0, 0.05) is 13.2 Å². The molecule has 112 valence electrons. The molecule has 1 aromatic rings. The minimum absolute atomic E-state index is 0.141. The Morgan fingerprint density at radius 2 is 2.10 bits per heavy atom. The standard InChI is InChI=1S/C13H22N4O3/c1-5-8(3)11(12(18)19)15-13(20)14-10-7-17(4)16-9(10)6-2/h7-8,11H,5-6H2,1-4H3,(H,18,19)(H2,14,15,20)/t8?,11-/m0/s1. The number of hydrogen-bond donors (Lipinski definition) is 3. The Kier molecular flexibility index (Phi) is 5.54. The number of urea groups is 1. The average Bonchev–Trinajstić information content (AvgIpc) is 2.74. The quantitative estimate of drug-likeness (QED) is 0.738. The molecule has 1 unspecified atom stereocenters. The van der Waals surface area contributed by atoms with E-state index in [2.05, 4.69) is 15.7 Å². The number of nitrogens with one attached hydrogen (secondary N) is 2. The summed E-state index contributed by atoms with van der Waals surface area (Å²) in [6, 6.07) is -1.43. The van der Waals surface area contributed by atoms with Gasteiger partial charge in [0.25, 0.3) is 0 Å². The molecule has 0 spiro atoms. The number of aromatic nitrogens is 2. The molecule has 20 heavy (non-hydrogen) atoms. The molecule has 1 rings (SSSR count). The molecule has 3 N–H and O–H groups in total. The van der Waals surface area contributed by atoms with E-state index in [0.29, 0.717) is 18.5 Å². The molecule has 0 saturated heterocycles. The van der Waals surface area contributed by atoms with E-state index in [9.17, 15) is 9.59 Å². The molecular formula is C13H22N4O3. The number of anilines is 1. The lowest BCUT2D eigenvalue weighted by Gasteiger charge is -2.20. The number of rotatable bonds is 6. The van der Waals surface area contributed by atoms with Crippen molar-refractivity contribution in [3.63, 3.8) is 0 Å². The zero-order valence-electron chi connectivity index (χ0n) is 12.3. The number of carbonyl (C=O) groups is 2. The van der Waals surface area contributed by atoms with E-state index in [-0.39, 0.29) is 5.92 Å². The second-order valence-corrected chi connectivity index (χ2v) is 4.82. The summed E-state index contributed by atoms with van der Waals surface area (Å²) in [5.74, 6) is -1.17. The predicted octanol–water partition coefficient (Wildman–Crippen LogP) is 1.60. The maximum atomic E-state index is 11.9. The van der Waals surface area contributed by atoms with Crippen LogP contribution in [0.5, 0.6) is 0 Å². The van der Waals surface area contributed by atoms with Crippen molar-refractivity contribution in [2.45, 2.75) is 39.7 Å². The van der Waals surface area contributed by atoms with Crippen LogP contribution in [0.2, 0.25) is 0 Å². The summed E-state index contributed by atoms with van der Waals surface area (Å²) in [4.78, 5) is 23.1. The number of carbonyl (C=O) groups excluding carboxylic acids is 1. The molecule has 0 aliphatic rings. The first-order chi connectivity index (χ1) is 9.38. The zero-order valence-corrected chi connectivity index (χ0v) is 12.3. The third kappa shape index (κ3) is 3.97. The molecule has 0 aliphatic carbocycles. The number of hydrogen-bond acceptors (Lipinski definition) is 3. The van der Waals surface area contributed by atoms with Crippen molar-refractivity contribution in [2.24, 2.45) is 13.0 Å². The maximum Gasteiger partial charge on any atom is 0.326 e. The molecule has 1 heterocycles. The molecule has 7 nitrogen and oxygen atoms in total. The maximum absolute atomic E-state index is 11.9. The molecule has 0 aromatic carbocycles. The van der Waals surface area contributed by atoms with E-state index in [0.717, 1.165) is 5.69 Å². The second kappa shape index (κ2) is 6.93. The number of nitrogens with zero attached hydrogens (tertiary/aromatic N) is 2. The topological polar surface area (TPSA) is 96.3 Å². The fourth-order valence-electron chi connectivity index (χ4n) is 1.88. The van der Waals surface area contributed by atoms with Crippen molar-refractivity contribution >= 4 is 17.7 Å². The Hall–Kier alpha value is -2.05. The first-order valence-electron chi connectivity index (χ1n) is 6.71. The van der Waals surface area contributed by atoms with Crippen molar-refractivity contribution in [1.82, 2.24) is 15.1 Å². The van der Waals surface area contributed by atoms with Crippen LogP contribution in [0.3, 0.4) is 0 Å². The smallest absolute Gasteiger partial charge is 0.326 e. The van der Waals surface area contributed by atoms with Gasteiger partial charge in [-0.2, -0.15) is 5.10 Å². The van der Waals surface area contributed by atoms with Gasteiger partial charge in [-0.1, -0.05) is 27.2 Å². The molecule has 2 atom stereocenters. The molecule has 0 fully saturated rings. The van der Waals surface area contributed by atoms with Crippen LogP contribution in [-0.4, -0.2) is 32.9 Å². The molecule has 0 saturated carbocycles. The highest BCUT2D eigenvalue weighted by Gasteiger charge is 2.25. The van der Waals surface area contributed by atoms with Gasteiger partial charge in [0.1, 0.15) is 6.04 Å². The van der Waals surface area contributed by atoms with Gasteiger partial charge in [0.2, 0.25) is 0 Å². The van der Waals surface area contributed by atoms with Gasteiger partial charge >= 0.3 is 12.0 Å². The molecule has 1 aromatic heterocycles. The summed E-state index contributed by atoms with van der Waals surface area (Å²) < 4.78 is 1.61. The summed E-state index contributed by atoms with van der Waals surface area (Å²) in [7, 11) is 1.77. The molecular weight excluding hydrogens is 260 g/mol. The van der Waals surface area contributed by atoms with Gasteiger partial charge < -0.3 is 15.7 Å². The summed E-state index contributed by atoms with van der Waals surface area (Å²) in [5, 5.41) is 18.5.